The predicted octanol–water partition coefficient (Wildman–Crippen LogP) is 2.29. The Hall–Kier alpha value is -3.09. The first-order chi connectivity index (χ1) is 11.7. The van der Waals surface area contributed by atoms with Crippen LogP contribution in [0.15, 0.2) is 59.9 Å². The van der Waals surface area contributed by atoms with Crippen molar-refractivity contribution in [1.82, 2.24) is 25.2 Å². The van der Waals surface area contributed by atoms with Crippen LogP contribution in [0, 0.1) is 0 Å². The van der Waals surface area contributed by atoms with Crippen LogP contribution in [-0.2, 0) is 13.0 Å². The van der Waals surface area contributed by atoms with Crippen LogP contribution in [0.2, 0.25) is 0 Å². The topological polar surface area (TPSA) is 85.0 Å². The van der Waals surface area contributed by atoms with Crippen LogP contribution in [0.1, 0.15) is 18.2 Å². The molecule has 3 heterocycles. The van der Waals surface area contributed by atoms with E-state index in [9.17, 15) is 4.79 Å². The molecule has 0 aromatic carbocycles. The number of pyridine rings is 1. The van der Waals surface area contributed by atoms with E-state index in [4.69, 9.17) is 4.42 Å². The van der Waals surface area contributed by atoms with Crippen molar-refractivity contribution in [2.24, 2.45) is 0 Å². The molecule has 0 bridgehead atoms. The Kier molecular flexibility index (Phi) is 4.90. The summed E-state index contributed by atoms with van der Waals surface area (Å²) in [5.41, 5.74) is 0.924. The van der Waals surface area contributed by atoms with Crippen molar-refractivity contribution in [2.45, 2.75) is 25.9 Å². The van der Waals surface area contributed by atoms with Gasteiger partial charge in [-0.25, -0.2) is 14.8 Å². The highest BCUT2D eigenvalue weighted by Crippen LogP contribution is 2.06. The highest BCUT2D eigenvalue weighted by atomic mass is 16.3. The fourth-order valence-electron chi connectivity index (χ4n) is 2.31. The number of carbonyl (C=O) groups is 1. The molecule has 0 saturated heterocycles. The fourth-order valence-corrected chi connectivity index (χ4v) is 2.31. The first-order valence-electron chi connectivity index (χ1n) is 7.71. The number of rotatable bonds is 6. The number of nitrogens with one attached hydrogen (secondary N) is 2. The van der Waals surface area contributed by atoms with Crippen molar-refractivity contribution < 1.29 is 9.21 Å². The molecule has 0 spiro atoms. The molecule has 3 rings (SSSR count). The number of hydrogen-bond donors (Lipinski definition) is 2. The Morgan fingerprint density at radius 3 is 2.96 bits per heavy atom. The zero-order valence-corrected chi connectivity index (χ0v) is 13.3. The molecule has 0 saturated carbocycles. The lowest BCUT2D eigenvalue weighted by Crippen LogP contribution is -2.41. The van der Waals surface area contributed by atoms with Gasteiger partial charge in [-0.1, -0.05) is 6.07 Å². The Morgan fingerprint density at radius 1 is 1.38 bits per heavy atom. The minimum absolute atomic E-state index is 0.0158. The van der Waals surface area contributed by atoms with Crippen LogP contribution in [0.5, 0.6) is 0 Å². The summed E-state index contributed by atoms with van der Waals surface area (Å²) in [5.74, 6) is 1.63. The van der Waals surface area contributed by atoms with Gasteiger partial charge in [0.25, 0.3) is 0 Å². The van der Waals surface area contributed by atoms with Gasteiger partial charge in [0.2, 0.25) is 0 Å². The van der Waals surface area contributed by atoms with Crippen LogP contribution >= 0.6 is 0 Å². The first kappa shape index (κ1) is 15.8. The van der Waals surface area contributed by atoms with Gasteiger partial charge in [0, 0.05) is 37.6 Å². The lowest BCUT2D eigenvalue weighted by Gasteiger charge is -2.13. The van der Waals surface area contributed by atoms with E-state index in [1.165, 1.54) is 0 Å². The second-order valence-electron chi connectivity index (χ2n) is 5.51. The fraction of sp³-hybridized carbons (Fsp3) is 0.235. The van der Waals surface area contributed by atoms with E-state index in [1.807, 2.05) is 42.0 Å². The van der Waals surface area contributed by atoms with E-state index in [0.29, 0.717) is 13.0 Å². The van der Waals surface area contributed by atoms with Gasteiger partial charge < -0.3 is 15.1 Å². The van der Waals surface area contributed by atoms with Crippen LogP contribution in [0.25, 0.3) is 5.82 Å². The molecule has 0 aliphatic rings. The lowest BCUT2D eigenvalue weighted by molar-refractivity contribution is 0.237. The van der Waals surface area contributed by atoms with E-state index in [2.05, 4.69) is 20.6 Å². The molecule has 2 N–H and O–H groups in total. The van der Waals surface area contributed by atoms with E-state index >= 15 is 0 Å². The lowest BCUT2D eigenvalue weighted by atomic mass is 10.2. The number of nitrogens with zero attached hydrogens (tertiary/aromatic N) is 3. The van der Waals surface area contributed by atoms with Gasteiger partial charge in [-0.3, -0.25) is 4.57 Å². The summed E-state index contributed by atoms with van der Waals surface area (Å²) in [6.45, 7) is 2.35. The van der Waals surface area contributed by atoms with E-state index in [-0.39, 0.29) is 12.1 Å². The molecule has 7 heteroatoms. The van der Waals surface area contributed by atoms with Gasteiger partial charge in [0.15, 0.2) is 0 Å². The van der Waals surface area contributed by atoms with Crippen LogP contribution in [-0.4, -0.2) is 26.6 Å². The van der Waals surface area contributed by atoms with Crippen molar-refractivity contribution in [3.8, 4) is 5.82 Å². The van der Waals surface area contributed by atoms with Gasteiger partial charge in [-0.2, -0.15) is 0 Å². The predicted molar refractivity (Wildman–Crippen MR) is 88.6 cm³/mol. The smallest absolute Gasteiger partial charge is 0.315 e. The maximum Gasteiger partial charge on any atom is 0.315 e. The van der Waals surface area contributed by atoms with Crippen LogP contribution < -0.4 is 10.6 Å². The number of amides is 2. The monoisotopic (exact) mass is 325 g/mol. The second kappa shape index (κ2) is 7.45. The van der Waals surface area contributed by atoms with E-state index in [1.54, 1.807) is 25.0 Å². The summed E-state index contributed by atoms with van der Waals surface area (Å²) in [6.07, 6.45) is 9.24. The van der Waals surface area contributed by atoms with Crippen molar-refractivity contribution in [3.63, 3.8) is 0 Å². The average molecular weight is 325 g/mol. The molecule has 3 aromatic heterocycles. The number of furan rings is 1. The Bertz CT molecular complexity index is 751. The quantitative estimate of drug-likeness (QED) is 0.728. The molecular weight excluding hydrogens is 306 g/mol. The standard InChI is InChI=1S/C17H19N5O2/c1-13(9-15-3-2-8-24-15)21-17(23)20-11-14-4-5-16(19-10-14)22-7-6-18-12-22/h2-8,10,12-13H,9,11H2,1H3,(H2,20,21,23)/t13-/m1/s1. The molecule has 1 atom stereocenters. The highest BCUT2D eigenvalue weighted by molar-refractivity contribution is 5.74. The maximum atomic E-state index is 11.9. The zero-order valence-electron chi connectivity index (χ0n) is 13.3. The van der Waals surface area contributed by atoms with E-state index in [0.717, 1.165) is 17.1 Å². The third-order valence-electron chi connectivity index (χ3n) is 3.50. The van der Waals surface area contributed by atoms with Crippen molar-refractivity contribution >= 4 is 6.03 Å². The molecule has 0 aliphatic heterocycles. The van der Waals surface area contributed by atoms with Crippen LogP contribution in [0.3, 0.4) is 0 Å². The number of aromatic nitrogens is 3. The molecular formula is C17H19N5O2. The van der Waals surface area contributed by atoms with Gasteiger partial charge in [0.05, 0.1) is 6.26 Å². The third kappa shape index (κ3) is 4.22. The zero-order chi connectivity index (χ0) is 16.8. The molecule has 0 aliphatic carbocycles. The number of carbonyl (C=O) groups excluding carboxylic acids is 1. The minimum Gasteiger partial charge on any atom is -0.469 e. The number of urea groups is 1. The van der Waals surface area contributed by atoms with Gasteiger partial charge in [-0.15, -0.1) is 0 Å². The maximum absolute atomic E-state index is 11.9. The summed E-state index contributed by atoms with van der Waals surface area (Å²) in [7, 11) is 0. The van der Waals surface area contributed by atoms with Crippen LogP contribution in [0.4, 0.5) is 4.79 Å². The molecule has 0 unspecified atom stereocenters. The normalized spacial score (nSPS) is 11.9. The summed E-state index contributed by atoms with van der Waals surface area (Å²) < 4.78 is 7.09. The highest BCUT2D eigenvalue weighted by Gasteiger charge is 2.09. The Morgan fingerprint density at radius 2 is 2.29 bits per heavy atom. The molecule has 2 amide bonds. The summed E-state index contributed by atoms with van der Waals surface area (Å²) in [6, 6.07) is 7.31. The van der Waals surface area contributed by atoms with Gasteiger partial charge >= 0.3 is 6.03 Å². The van der Waals surface area contributed by atoms with Gasteiger partial charge in [-0.05, 0) is 30.7 Å². The Labute approximate surface area is 139 Å². The van der Waals surface area contributed by atoms with Crippen molar-refractivity contribution in [3.05, 3.63) is 66.8 Å². The van der Waals surface area contributed by atoms with Gasteiger partial charge in [0.1, 0.15) is 17.9 Å². The molecule has 0 radical (unpaired) electrons. The average Bonchev–Trinajstić information content (AvgIpc) is 3.27. The third-order valence-corrected chi connectivity index (χ3v) is 3.50. The summed E-state index contributed by atoms with van der Waals surface area (Å²) in [5, 5.41) is 5.70. The first-order valence-corrected chi connectivity index (χ1v) is 7.71. The molecule has 7 nitrogen and oxygen atoms in total. The van der Waals surface area contributed by atoms with E-state index < -0.39 is 0 Å². The number of imidazole rings is 1. The molecule has 3 aromatic rings. The Balaban J connectivity index is 1.45. The summed E-state index contributed by atoms with van der Waals surface area (Å²) >= 11 is 0. The van der Waals surface area contributed by atoms with Crippen molar-refractivity contribution in [2.75, 3.05) is 0 Å². The largest absolute Gasteiger partial charge is 0.469 e. The molecule has 124 valence electrons. The SMILES string of the molecule is C[C@H](Cc1ccco1)NC(=O)NCc1ccc(-n2ccnc2)nc1. The molecule has 0 fully saturated rings. The number of hydrogen-bond acceptors (Lipinski definition) is 4. The second-order valence-corrected chi connectivity index (χ2v) is 5.51. The minimum atomic E-state index is -0.215. The summed E-state index contributed by atoms with van der Waals surface area (Å²) in [4.78, 5) is 20.3. The van der Waals surface area contributed by atoms with Crippen molar-refractivity contribution in [1.29, 1.82) is 0 Å². The molecule has 24 heavy (non-hydrogen) atoms.